The van der Waals surface area contributed by atoms with E-state index >= 15 is 4.39 Å². The van der Waals surface area contributed by atoms with Crippen molar-refractivity contribution in [2.75, 3.05) is 25.1 Å². The zero-order chi connectivity index (χ0) is 38.3. The minimum absolute atomic E-state index is 0.105. The Morgan fingerprint density at radius 2 is 1.55 bits per heavy atom. The Bertz CT molecular complexity index is 1820. The lowest BCUT2D eigenvalue weighted by Crippen LogP contribution is -2.49. The molecule has 0 radical (unpaired) electrons. The number of benzene rings is 4. The third kappa shape index (κ3) is 10.3. The first kappa shape index (κ1) is 39.2. The molecule has 4 aromatic carbocycles. The highest BCUT2D eigenvalue weighted by molar-refractivity contribution is 5.96. The van der Waals surface area contributed by atoms with Crippen molar-refractivity contribution >= 4 is 17.7 Å². The monoisotopic (exact) mass is 746 g/mol. The number of carbonyl (C=O) groups excluding carboxylic acids is 2. The van der Waals surface area contributed by atoms with Gasteiger partial charge in [-0.1, -0.05) is 36.4 Å². The van der Waals surface area contributed by atoms with Crippen LogP contribution in [0.5, 0.6) is 0 Å². The van der Waals surface area contributed by atoms with Gasteiger partial charge in [0.05, 0.1) is 36.4 Å². The number of anilines is 1. The van der Waals surface area contributed by atoms with Crippen LogP contribution in [0.25, 0.3) is 0 Å². The molecule has 53 heavy (non-hydrogen) atoms. The number of nitrogens with two attached hydrogens (primary N) is 1. The summed E-state index contributed by atoms with van der Waals surface area (Å²) in [6.07, 6.45) is -5.69. The number of carbonyl (C=O) groups is 2. The van der Waals surface area contributed by atoms with Crippen LogP contribution in [0.2, 0.25) is 0 Å². The summed E-state index contributed by atoms with van der Waals surface area (Å²) >= 11 is 0. The fourth-order valence-electron chi connectivity index (χ4n) is 6.13. The van der Waals surface area contributed by atoms with Crippen molar-refractivity contribution in [2.45, 2.75) is 56.1 Å². The highest BCUT2D eigenvalue weighted by Crippen LogP contribution is 2.35. The quantitative estimate of drug-likeness (QED) is 0.115. The zero-order valence-corrected chi connectivity index (χ0v) is 28.4. The SMILES string of the molecule is C[C@@H](NC(=O)OC[C@@H]1CO[C@H](CCc2c(F)cccc2NC(=O)[C@@H](N)C(c2ccc(F)cc2)c2ccc(F)cc2)CN1)c1ccc(F)cc1C(F)(F)F. The average molecular weight is 747 g/mol. The summed E-state index contributed by atoms with van der Waals surface area (Å²) in [6.45, 7) is 1.55. The number of amides is 2. The Hall–Kier alpha value is -4.99. The van der Waals surface area contributed by atoms with E-state index in [0.717, 1.165) is 12.1 Å². The molecule has 1 heterocycles. The van der Waals surface area contributed by atoms with E-state index in [0.29, 0.717) is 30.2 Å². The van der Waals surface area contributed by atoms with E-state index in [1.54, 1.807) is 0 Å². The van der Waals surface area contributed by atoms with Gasteiger partial charge in [0.2, 0.25) is 5.91 Å². The van der Waals surface area contributed by atoms with Crippen LogP contribution in [0.15, 0.2) is 84.9 Å². The summed E-state index contributed by atoms with van der Waals surface area (Å²) in [5.74, 6) is -4.02. The third-order valence-electron chi connectivity index (χ3n) is 8.92. The van der Waals surface area contributed by atoms with E-state index in [9.17, 15) is 35.9 Å². The summed E-state index contributed by atoms with van der Waals surface area (Å²) in [5, 5.41) is 8.20. The molecule has 0 bridgehead atoms. The Balaban J connectivity index is 1.13. The lowest BCUT2D eigenvalue weighted by atomic mass is 9.85. The molecule has 0 saturated carbocycles. The van der Waals surface area contributed by atoms with E-state index in [4.69, 9.17) is 15.2 Å². The fourth-order valence-corrected chi connectivity index (χ4v) is 6.13. The van der Waals surface area contributed by atoms with E-state index < -0.39 is 71.1 Å². The van der Waals surface area contributed by atoms with Crippen LogP contribution >= 0.6 is 0 Å². The first-order valence-corrected chi connectivity index (χ1v) is 16.7. The van der Waals surface area contributed by atoms with E-state index in [2.05, 4.69) is 16.0 Å². The van der Waals surface area contributed by atoms with E-state index in [-0.39, 0.29) is 42.6 Å². The number of hydrogen-bond donors (Lipinski definition) is 4. The van der Waals surface area contributed by atoms with Crippen molar-refractivity contribution in [3.63, 3.8) is 0 Å². The summed E-state index contributed by atoms with van der Waals surface area (Å²) in [7, 11) is 0. The molecular formula is C38H37F7N4O4. The van der Waals surface area contributed by atoms with Crippen LogP contribution in [0, 0.1) is 23.3 Å². The summed E-state index contributed by atoms with van der Waals surface area (Å²) < 4.78 is 107. The van der Waals surface area contributed by atoms with Crippen LogP contribution in [0.3, 0.4) is 0 Å². The minimum atomic E-state index is -4.82. The molecular weight excluding hydrogens is 709 g/mol. The second kappa shape index (κ2) is 17.2. The van der Waals surface area contributed by atoms with Gasteiger partial charge in [-0.15, -0.1) is 0 Å². The van der Waals surface area contributed by atoms with Gasteiger partial charge >= 0.3 is 12.3 Å². The zero-order valence-electron chi connectivity index (χ0n) is 28.4. The number of alkyl halides is 3. The van der Waals surface area contributed by atoms with Gasteiger partial charge in [0.25, 0.3) is 0 Å². The number of nitrogens with one attached hydrogen (secondary N) is 3. The van der Waals surface area contributed by atoms with Crippen LogP contribution in [-0.4, -0.2) is 49.9 Å². The lowest BCUT2D eigenvalue weighted by molar-refractivity contribution is -0.138. The van der Waals surface area contributed by atoms with Crippen LogP contribution in [0.4, 0.5) is 41.2 Å². The Kier molecular flexibility index (Phi) is 12.7. The number of halogens is 7. The van der Waals surface area contributed by atoms with Gasteiger partial charge in [-0.05, 0) is 85.0 Å². The van der Waals surface area contributed by atoms with Gasteiger partial charge in [-0.25, -0.2) is 22.4 Å². The molecule has 0 spiro atoms. The molecule has 5 rings (SSSR count). The standard InChI is InChI=1S/C38H37F7N4O4/c1-21(29-15-13-26(41)17-31(29)38(43,44)45)48-37(51)53-20-27-19-52-28(18-47-27)14-16-30-32(42)3-2-4-33(30)49-36(50)35(46)34(22-5-9-24(39)10-6-22)23-7-11-25(40)12-8-23/h2-13,15,17,21,27-28,34-35,47H,14,16,18-20,46H2,1H3,(H,48,51)(H,49,50)/t21-,27+,28-,35+/m1/s1. The number of rotatable bonds is 12. The van der Waals surface area contributed by atoms with E-state index in [1.165, 1.54) is 73.7 Å². The summed E-state index contributed by atoms with van der Waals surface area (Å²) in [6, 6.07) is 14.5. The molecule has 15 heteroatoms. The summed E-state index contributed by atoms with van der Waals surface area (Å²) in [5.41, 5.74) is 6.37. The van der Waals surface area contributed by atoms with Crippen LogP contribution in [0.1, 0.15) is 53.1 Å². The maximum atomic E-state index is 15.1. The third-order valence-corrected chi connectivity index (χ3v) is 8.92. The highest BCUT2D eigenvalue weighted by atomic mass is 19.4. The molecule has 1 saturated heterocycles. The molecule has 5 N–H and O–H groups in total. The normalized spacial score (nSPS) is 17.2. The topological polar surface area (TPSA) is 115 Å². The first-order valence-electron chi connectivity index (χ1n) is 16.7. The van der Waals surface area contributed by atoms with Crippen LogP contribution in [-0.2, 0) is 26.9 Å². The molecule has 282 valence electrons. The molecule has 1 aliphatic rings. The number of ether oxygens (including phenoxy) is 2. The van der Waals surface area contributed by atoms with Gasteiger partial charge in [-0.3, -0.25) is 4.79 Å². The summed E-state index contributed by atoms with van der Waals surface area (Å²) in [4.78, 5) is 25.9. The highest BCUT2D eigenvalue weighted by Gasteiger charge is 2.35. The van der Waals surface area contributed by atoms with Crippen molar-refractivity contribution in [1.82, 2.24) is 10.6 Å². The van der Waals surface area contributed by atoms with Crippen molar-refractivity contribution < 1.29 is 49.8 Å². The average Bonchev–Trinajstić information content (AvgIpc) is 3.12. The molecule has 4 atom stereocenters. The number of alkyl carbamates (subject to hydrolysis) is 1. The Labute approximate surface area is 300 Å². The lowest BCUT2D eigenvalue weighted by Gasteiger charge is -2.30. The molecule has 0 aliphatic carbocycles. The minimum Gasteiger partial charge on any atom is -0.448 e. The number of hydrogen-bond acceptors (Lipinski definition) is 6. The molecule has 2 amide bonds. The smallest absolute Gasteiger partial charge is 0.416 e. The molecule has 8 nitrogen and oxygen atoms in total. The van der Waals surface area contributed by atoms with Gasteiger partial charge < -0.3 is 31.2 Å². The Morgan fingerprint density at radius 1 is 0.925 bits per heavy atom. The van der Waals surface area contributed by atoms with Gasteiger partial charge in [0.15, 0.2) is 0 Å². The molecule has 0 aromatic heterocycles. The van der Waals surface area contributed by atoms with Gasteiger partial charge in [-0.2, -0.15) is 13.2 Å². The first-order chi connectivity index (χ1) is 25.2. The maximum absolute atomic E-state index is 15.1. The predicted octanol–water partition coefficient (Wildman–Crippen LogP) is 7.14. The van der Waals surface area contributed by atoms with Crippen LogP contribution < -0.4 is 21.7 Å². The second-order valence-corrected chi connectivity index (χ2v) is 12.7. The van der Waals surface area contributed by atoms with Crippen molar-refractivity contribution in [3.8, 4) is 0 Å². The Morgan fingerprint density at radius 3 is 2.13 bits per heavy atom. The van der Waals surface area contributed by atoms with Crippen molar-refractivity contribution in [2.24, 2.45) is 5.73 Å². The van der Waals surface area contributed by atoms with Gasteiger partial charge in [0.1, 0.15) is 29.9 Å². The van der Waals surface area contributed by atoms with E-state index in [1.807, 2.05) is 0 Å². The van der Waals surface area contributed by atoms with Gasteiger partial charge in [0, 0.05) is 23.7 Å². The van der Waals surface area contributed by atoms with Crippen molar-refractivity contribution in [1.29, 1.82) is 0 Å². The molecule has 4 aromatic rings. The fraction of sp³-hybridized carbons (Fsp3) is 0.316. The number of morpholine rings is 1. The maximum Gasteiger partial charge on any atom is 0.416 e. The molecule has 0 unspecified atom stereocenters. The molecule has 1 aliphatic heterocycles. The predicted molar refractivity (Wildman–Crippen MR) is 182 cm³/mol. The molecule has 1 fully saturated rings. The second-order valence-electron chi connectivity index (χ2n) is 12.7. The largest absolute Gasteiger partial charge is 0.448 e. The van der Waals surface area contributed by atoms with Crippen molar-refractivity contribution in [3.05, 3.63) is 136 Å².